The molecule has 0 spiro atoms. The first kappa shape index (κ1) is 19.2. The van der Waals surface area contributed by atoms with Gasteiger partial charge in [-0.2, -0.15) is 0 Å². The Hall–Kier alpha value is -2.18. The summed E-state index contributed by atoms with van der Waals surface area (Å²) in [4.78, 5) is 17.2. The van der Waals surface area contributed by atoms with Crippen LogP contribution in [0.25, 0.3) is 21.6 Å². The number of carbonyl (C=O) groups excluding carboxylic acids is 1. The fraction of sp³-hybridized carbons (Fsp3) is 0.455. The summed E-state index contributed by atoms with van der Waals surface area (Å²) in [6.07, 6.45) is 6.35. The molecule has 2 aromatic heterocycles. The molecule has 0 radical (unpaired) electrons. The van der Waals surface area contributed by atoms with Gasteiger partial charge in [0.05, 0.1) is 12.3 Å². The van der Waals surface area contributed by atoms with Gasteiger partial charge in [-0.25, -0.2) is 4.98 Å². The minimum absolute atomic E-state index is 0.0624. The van der Waals surface area contributed by atoms with Crippen LogP contribution in [0.2, 0.25) is 0 Å². The first-order valence-electron chi connectivity index (χ1n) is 10.1. The van der Waals surface area contributed by atoms with E-state index in [2.05, 4.69) is 33.1 Å². The molecule has 0 bridgehead atoms. The van der Waals surface area contributed by atoms with Gasteiger partial charge in [-0.05, 0) is 30.9 Å². The number of ether oxygens (including phenoxy) is 1. The Balaban J connectivity index is 1.52. The lowest BCUT2D eigenvalue weighted by Crippen LogP contribution is -2.30. The number of hydrogen-bond acceptors (Lipinski definition) is 4. The molecular formula is C22H27N3O2S. The summed E-state index contributed by atoms with van der Waals surface area (Å²) in [6, 6.07) is 10.4. The van der Waals surface area contributed by atoms with Gasteiger partial charge in [0.15, 0.2) is 0 Å². The molecule has 5 nitrogen and oxygen atoms in total. The zero-order valence-electron chi connectivity index (χ0n) is 16.3. The van der Waals surface area contributed by atoms with Crippen molar-refractivity contribution >= 4 is 28.1 Å². The fourth-order valence-electron chi connectivity index (χ4n) is 4.03. The molecule has 1 fully saturated rings. The molecule has 28 heavy (non-hydrogen) atoms. The van der Waals surface area contributed by atoms with Crippen molar-refractivity contribution in [3.63, 3.8) is 0 Å². The van der Waals surface area contributed by atoms with Crippen LogP contribution in [0.1, 0.15) is 42.6 Å². The van der Waals surface area contributed by atoms with E-state index >= 15 is 0 Å². The summed E-state index contributed by atoms with van der Waals surface area (Å²) in [7, 11) is 1.71. The number of thiazole rings is 1. The van der Waals surface area contributed by atoms with Crippen LogP contribution in [-0.4, -0.2) is 35.7 Å². The van der Waals surface area contributed by atoms with Crippen LogP contribution in [0.3, 0.4) is 0 Å². The molecule has 1 aliphatic rings. The van der Waals surface area contributed by atoms with Crippen molar-refractivity contribution in [2.45, 2.75) is 38.6 Å². The van der Waals surface area contributed by atoms with Crippen molar-refractivity contribution in [1.29, 1.82) is 0 Å². The maximum absolute atomic E-state index is 12.6. The van der Waals surface area contributed by atoms with Gasteiger partial charge in [0.2, 0.25) is 0 Å². The van der Waals surface area contributed by atoms with E-state index in [1.807, 2.05) is 17.5 Å². The maximum atomic E-state index is 12.6. The molecular weight excluding hydrogens is 370 g/mol. The van der Waals surface area contributed by atoms with E-state index in [-0.39, 0.29) is 5.91 Å². The Bertz CT molecular complexity index is 940. The summed E-state index contributed by atoms with van der Waals surface area (Å²) in [5.74, 6) is 0.556. The van der Waals surface area contributed by atoms with E-state index in [4.69, 9.17) is 4.74 Å². The highest BCUT2D eigenvalue weighted by molar-refractivity contribution is 7.13. The summed E-state index contributed by atoms with van der Waals surface area (Å²) in [6.45, 7) is 2.15. The third-order valence-electron chi connectivity index (χ3n) is 5.56. The first-order chi connectivity index (χ1) is 13.8. The Kier molecular flexibility index (Phi) is 6.07. The zero-order valence-corrected chi connectivity index (χ0v) is 17.1. The van der Waals surface area contributed by atoms with Gasteiger partial charge in [0, 0.05) is 36.5 Å². The highest BCUT2D eigenvalue weighted by atomic mass is 32.1. The number of nitrogens with zero attached hydrogens (tertiary/aromatic N) is 2. The summed E-state index contributed by atoms with van der Waals surface area (Å²) < 4.78 is 7.51. The topological polar surface area (TPSA) is 56.2 Å². The van der Waals surface area contributed by atoms with Crippen LogP contribution in [0.15, 0.2) is 35.7 Å². The second-order valence-corrected chi connectivity index (χ2v) is 8.34. The number of carbonyl (C=O) groups is 1. The molecule has 148 valence electrons. The van der Waals surface area contributed by atoms with E-state index in [1.165, 1.54) is 48.8 Å². The third-order valence-corrected chi connectivity index (χ3v) is 6.43. The number of amides is 1. The van der Waals surface area contributed by atoms with Crippen LogP contribution < -0.4 is 5.32 Å². The molecule has 4 rings (SSSR count). The predicted octanol–water partition coefficient (Wildman–Crippen LogP) is 4.72. The van der Waals surface area contributed by atoms with Gasteiger partial charge in [0.1, 0.15) is 10.7 Å². The molecule has 1 N–H and O–H groups in total. The molecule has 0 atom stereocenters. The van der Waals surface area contributed by atoms with Gasteiger partial charge in [-0.1, -0.05) is 37.5 Å². The number of hydrogen-bond donors (Lipinski definition) is 1. The number of benzene rings is 1. The molecule has 3 aromatic rings. The third kappa shape index (κ3) is 4.13. The number of methoxy groups -OCH3 is 1. The number of para-hydroxylation sites is 1. The molecule has 0 saturated heterocycles. The van der Waals surface area contributed by atoms with E-state index < -0.39 is 0 Å². The van der Waals surface area contributed by atoms with Crippen molar-refractivity contribution in [3.05, 3.63) is 41.4 Å². The molecule has 1 aromatic carbocycles. The van der Waals surface area contributed by atoms with E-state index in [0.717, 1.165) is 29.3 Å². The van der Waals surface area contributed by atoms with Crippen molar-refractivity contribution in [3.8, 4) is 10.7 Å². The standard InChI is InChI=1S/C22H27N3O2S/c1-27-12-11-25-19-10-6-5-9-17(19)13-20(25)22-24-18(15-28-22)21(26)23-14-16-7-3-2-4-8-16/h5-6,9-10,13,15-16H,2-4,7-8,11-12,14H2,1H3,(H,23,26). The largest absolute Gasteiger partial charge is 0.383 e. The summed E-state index contributed by atoms with van der Waals surface area (Å²) in [5.41, 5.74) is 2.71. The first-order valence-corrected chi connectivity index (χ1v) is 11.0. The predicted molar refractivity (Wildman–Crippen MR) is 114 cm³/mol. The average molecular weight is 398 g/mol. The van der Waals surface area contributed by atoms with Crippen molar-refractivity contribution < 1.29 is 9.53 Å². The quantitative estimate of drug-likeness (QED) is 0.627. The normalized spacial score (nSPS) is 15.2. The highest BCUT2D eigenvalue weighted by Crippen LogP contribution is 2.30. The smallest absolute Gasteiger partial charge is 0.270 e. The minimum Gasteiger partial charge on any atom is -0.383 e. The second-order valence-electron chi connectivity index (χ2n) is 7.48. The zero-order chi connectivity index (χ0) is 19.3. The lowest BCUT2D eigenvalue weighted by atomic mass is 9.89. The van der Waals surface area contributed by atoms with E-state index in [9.17, 15) is 4.79 Å². The number of aromatic nitrogens is 2. The fourth-order valence-corrected chi connectivity index (χ4v) is 4.85. The molecule has 2 heterocycles. The van der Waals surface area contributed by atoms with Crippen molar-refractivity contribution in [1.82, 2.24) is 14.9 Å². The lowest BCUT2D eigenvalue weighted by molar-refractivity contribution is 0.0939. The van der Waals surface area contributed by atoms with Crippen molar-refractivity contribution in [2.24, 2.45) is 5.92 Å². The molecule has 6 heteroatoms. The SMILES string of the molecule is COCCn1c(-c2nc(C(=O)NCC3CCCCC3)cs2)cc2ccccc21. The summed E-state index contributed by atoms with van der Waals surface area (Å²) in [5, 5.41) is 7.00. The number of fused-ring (bicyclic) bond motifs is 1. The van der Waals surface area contributed by atoms with Gasteiger partial charge in [-0.3, -0.25) is 4.79 Å². The lowest BCUT2D eigenvalue weighted by Gasteiger charge is -2.21. The monoisotopic (exact) mass is 397 g/mol. The molecule has 1 aliphatic carbocycles. The van der Waals surface area contributed by atoms with Gasteiger partial charge in [-0.15, -0.1) is 11.3 Å². The van der Waals surface area contributed by atoms with E-state index in [1.54, 1.807) is 7.11 Å². The molecule has 0 unspecified atom stereocenters. The molecule has 0 aliphatic heterocycles. The Morgan fingerprint density at radius 1 is 1.29 bits per heavy atom. The second kappa shape index (κ2) is 8.88. The van der Waals surface area contributed by atoms with Gasteiger partial charge >= 0.3 is 0 Å². The number of nitrogens with one attached hydrogen (secondary N) is 1. The minimum atomic E-state index is -0.0624. The van der Waals surface area contributed by atoms with Crippen molar-refractivity contribution in [2.75, 3.05) is 20.3 Å². The Morgan fingerprint density at radius 3 is 2.93 bits per heavy atom. The molecule has 1 amide bonds. The van der Waals surface area contributed by atoms with Gasteiger partial charge in [0.25, 0.3) is 5.91 Å². The van der Waals surface area contributed by atoms with Crippen LogP contribution in [0.5, 0.6) is 0 Å². The van der Waals surface area contributed by atoms with Crippen LogP contribution in [-0.2, 0) is 11.3 Å². The van der Waals surface area contributed by atoms with Crippen LogP contribution in [0, 0.1) is 5.92 Å². The average Bonchev–Trinajstić information content (AvgIpc) is 3.36. The van der Waals surface area contributed by atoms with Crippen LogP contribution >= 0.6 is 11.3 Å². The number of rotatable bonds is 7. The summed E-state index contributed by atoms with van der Waals surface area (Å²) >= 11 is 1.52. The van der Waals surface area contributed by atoms with Crippen LogP contribution in [0.4, 0.5) is 0 Å². The highest BCUT2D eigenvalue weighted by Gasteiger charge is 2.18. The maximum Gasteiger partial charge on any atom is 0.270 e. The molecule has 1 saturated carbocycles. The Morgan fingerprint density at radius 2 is 2.11 bits per heavy atom. The Labute approximate surface area is 169 Å². The van der Waals surface area contributed by atoms with E-state index in [0.29, 0.717) is 18.2 Å². The van der Waals surface area contributed by atoms with Gasteiger partial charge < -0.3 is 14.6 Å².